The van der Waals surface area contributed by atoms with Gasteiger partial charge in [0.15, 0.2) is 11.5 Å². The maximum atomic E-state index is 12.2. The van der Waals surface area contributed by atoms with E-state index in [0.29, 0.717) is 17.1 Å². The largest absolute Gasteiger partial charge is 0.493 e. The molecular weight excluding hydrogens is 338 g/mol. The third-order valence-electron chi connectivity index (χ3n) is 3.54. The molecular formula is C19H17NO4S. The summed E-state index contributed by atoms with van der Waals surface area (Å²) in [5.41, 5.74) is 2.17. The number of ether oxygens (including phenoxy) is 3. The molecule has 2 aromatic carbocycles. The quantitative estimate of drug-likeness (QED) is 0.621. The molecule has 0 atom stereocenters. The van der Waals surface area contributed by atoms with Crippen LogP contribution in [0.3, 0.4) is 0 Å². The Morgan fingerprint density at radius 1 is 1.04 bits per heavy atom. The molecule has 0 radical (unpaired) electrons. The van der Waals surface area contributed by atoms with E-state index in [2.05, 4.69) is 4.98 Å². The fourth-order valence-corrected chi connectivity index (χ4v) is 3.08. The van der Waals surface area contributed by atoms with Gasteiger partial charge < -0.3 is 14.2 Å². The Balaban J connectivity index is 1.66. The number of hydrogen-bond acceptors (Lipinski definition) is 6. The van der Waals surface area contributed by atoms with Crippen LogP contribution in [-0.4, -0.2) is 25.2 Å². The van der Waals surface area contributed by atoms with E-state index < -0.39 is 5.97 Å². The van der Waals surface area contributed by atoms with Crippen molar-refractivity contribution in [3.63, 3.8) is 0 Å². The third-order valence-corrected chi connectivity index (χ3v) is 4.48. The average molecular weight is 355 g/mol. The van der Waals surface area contributed by atoms with Gasteiger partial charge in [0, 0.05) is 10.9 Å². The molecule has 3 aromatic rings. The molecule has 0 spiro atoms. The Kier molecular flexibility index (Phi) is 5.30. The van der Waals surface area contributed by atoms with Gasteiger partial charge in [-0.25, -0.2) is 9.78 Å². The molecule has 1 heterocycles. The summed E-state index contributed by atoms with van der Waals surface area (Å²) >= 11 is 1.52. The van der Waals surface area contributed by atoms with E-state index in [1.165, 1.54) is 18.4 Å². The minimum absolute atomic E-state index is 0.122. The first kappa shape index (κ1) is 17.0. The number of methoxy groups -OCH3 is 2. The zero-order valence-corrected chi connectivity index (χ0v) is 14.7. The predicted molar refractivity (Wildman–Crippen MR) is 96.2 cm³/mol. The number of carbonyl (C=O) groups excluding carboxylic acids is 1. The molecule has 0 aliphatic carbocycles. The number of benzene rings is 2. The summed E-state index contributed by atoms with van der Waals surface area (Å²) in [6, 6.07) is 14.8. The van der Waals surface area contributed by atoms with E-state index in [1.54, 1.807) is 25.3 Å². The lowest BCUT2D eigenvalue weighted by Crippen LogP contribution is -2.06. The van der Waals surface area contributed by atoms with E-state index >= 15 is 0 Å². The molecule has 3 rings (SSSR count). The van der Waals surface area contributed by atoms with Crippen molar-refractivity contribution in [2.75, 3.05) is 14.2 Å². The molecule has 0 saturated heterocycles. The maximum absolute atomic E-state index is 12.2. The summed E-state index contributed by atoms with van der Waals surface area (Å²) < 4.78 is 15.7. The van der Waals surface area contributed by atoms with Crippen LogP contribution < -0.4 is 9.47 Å². The fourth-order valence-electron chi connectivity index (χ4n) is 2.27. The van der Waals surface area contributed by atoms with Crippen molar-refractivity contribution in [2.24, 2.45) is 0 Å². The van der Waals surface area contributed by atoms with Gasteiger partial charge in [-0.1, -0.05) is 30.3 Å². The minimum atomic E-state index is -0.435. The fraction of sp³-hybridized carbons (Fsp3) is 0.158. The topological polar surface area (TPSA) is 57.7 Å². The molecule has 1 aromatic heterocycles. The molecule has 128 valence electrons. The second-order valence-electron chi connectivity index (χ2n) is 5.16. The standard InChI is InChI=1S/C19H17NO4S/c1-22-16-9-8-14(10-17(16)23-2)19(21)24-11-15-12-25-18(20-15)13-6-4-3-5-7-13/h3-10,12H,11H2,1-2H3. The molecule has 6 heteroatoms. The monoisotopic (exact) mass is 355 g/mol. The Labute approximate surface area is 149 Å². The van der Waals surface area contributed by atoms with Crippen molar-refractivity contribution in [1.82, 2.24) is 4.98 Å². The van der Waals surface area contributed by atoms with Gasteiger partial charge in [-0.15, -0.1) is 11.3 Å². The highest BCUT2D eigenvalue weighted by atomic mass is 32.1. The molecule has 25 heavy (non-hydrogen) atoms. The van der Waals surface area contributed by atoms with Gasteiger partial charge in [0.05, 0.1) is 25.5 Å². The minimum Gasteiger partial charge on any atom is -0.493 e. The molecule has 0 N–H and O–H groups in total. The first-order chi connectivity index (χ1) is 12.2. The molecule has 0 fully saturated rings. The lowest BCUT2D eigenvalue weighted by Gasteiger charge is -2.09. The highest BCUT2D eigenvalue weighted by Gasteiger charge is 2.13. The lowest BCUT2D eigenvalue weighted by molar-refractivity contribution is 0.0468. The van der Waals surface area contributed by atoms with Crippen molar-refractivity contribution in [3.8, 4) is 22.1 Å². The molecule has 0 saturated carbocycles. The normalized spacial score (nSPS) is 10.3. The number of carbonyl (C=O) groups is 1. The van der Waals surface area contributed by atoms with Crippen LogP contribution in [0.5, 0.6) is 11.5 Å². The number of nitrogens with zero attached hydrogens (tertiary/aromatic N) is 1. The Morgan fingerprint density at radius 2 is 1.80 bits per heavy atom. The van der Waals surface area contributed by atoms with Crippen LogP contribution in [0.2, 0.25) is 0 Å². The highest BCUT2D eigenvalue weighted by molar-refractivity contribution is 7.13. The Hall–Kier alpha value is -2.86. The maximum Gasteiger partial charge on any atom is 0.338 e. The summed E-state index contributed by atoms with van der Waals surface area (Å²) in [6.45, 7) is 0.122. The Morgan fingerprint density at radius 3 is 2.52 bits per heavy atom. The van der Waals surface area contributed by atoms with Crippen LogP contribution in [-0.2, 0) is 11.3 Å². The number of esters is 1. The number of hydrogen-bond donors (Lipinski definition) is 0. The third kappa shape index (κ3) is 3.97. The predicted octanol–water partition coefficient (Wildman–Crippen LogP) is 4.18. The van der Waals surface area contributed by atoms with Crippen LogP contribution in [0.25, 0.3) is 10.6 Å². The summed E-state index contributed by atoms with van der Waals surface area (Å²) in [4.78, 5) is 16.7. The average Bonchev–Trinajstić information content (AvgIpc) is 3.15. The van der Waals surface area contributed by atoms with Gasteiger partial charge in [-0.3, -0.25) is 0 Å². The van der Waals surface area contributed by atoms with Gasteiger partial charge in [0.25, 0.3) is 0 Å². The Bertz CT molecular complexity index is 861. The van der Waals surface area contributed by atoms with Gasteiger partial charge in [0.1, 0.15) is 11.6 Å². The van der Waals surface area contributed by atoms with Crippen LogP contribution in [0.15, 0.2) is 53.9 Å². The van der Waals surface area contributed by atoms with Crippen LogP contribution in [0, 0.1) is 0 Å². The molecule has 0 bridgehead atoms. The lowest BCUT2D eigenvalue weighted by atomic mass is 10.2. The summed E-state index contributed by atoms with van der Waals surface area (Å²) in [5.74, 6) is 0.609. The SMILES string of the molecule is COc1ccc(C(=O)OCc2csc(-c3ccccc3)n2)cc1OC. The second-order valence-corrected chi connectivity index (χ2v) is 6.01. The smallest absolute Gasteiger partial charge is 0.338 e. The molecule has 0 aliphatic rings. The van der Waals surface area contributed by atoms with E-state index in [0.717, 1.165) is 16.3 Å². The van der Waals surface area contributed by atoms with Gasteiger partial charge >= 0.3 is 5.97 Å². The van der Waals surface area contributed by atoms with Crippen molar-refractivity contribution in [2.45, 2.75) is 6.61 Å². The summed E-state index contributed by atoms with van der Waals surface area (Å²) in [7, 11) is 3.07. The number of thiazole rings is 1. The molecule has 0 aliphatic heterocycles. The van der Waals surface area contributed by atoms with Crippen molar-refractivity contribution >= 4 is 17.3 Å². The molecule has 5 nitrogen and oxygen atoms in total. The first-order valence-electron chi connectivity index (χ1n) is 7.60. The van der Waals surface area contributed by atoms with Crippen molar-refractivity contribution in [1.29, 1.82) is 0 Å². The summed E-state index contributed by atoms with van der Waals surface area (Å²) in [5, 5.41) is 2.79. The zero-order valence-electron chi connectivity index (χ0n) is 13.9. The van der Waals surface area contributed by atoms with E-state index in [4.69, 9.17) is 14.2 Å². The van der Waals surface area contributed by atoms with Crippen LogP contribution in [0.1, 0.15) is 16.1 Å². The first-order valence-corrected chi connectivity index (χ1v) is 8.48. The van der Waals surface area contributed by atoms with Gasteiger partial charge in [-0.05, 0) is 18.2 Å². The summed E-state index contributed by atoms with van der Waals surface area (Å²) in [6.07, 6.45) is 0. The zero-order chi connectivity index (χ0) is 17.6. The number of rotatable bonds is 6. The van der Waals surface area contributed by atoms with Crippen LogP contribution in [0.4, 0.5) is 0 Å². The molecule has 0 unspecified atom stereocenters. The van der Waals surface area contributed by atoms with Gasteiger partial charge in [-0.2, -0.15) is 0 Å². The number of aromatic nitrogens is 1. The van der Waals surface area contributed by atoms with E-state index in [9.17, 15) is 4.79 Å². The van der Waals surface area contributed by atoms with Crippen molar-refractivity contribution < 1.29 is 19.0 Å². The van der Waals surface area contributed by atoms with Crippen LogP contribution >= 0.6 is 11.3 Å². The van der Waals surface area contributed by atoms with E-state index in [1.807, 2.05) is 35.7 Å². The molecule has 0 amide bonds. The van der Waals surface area contributed by atoms with Crippen molar-refractivity contribution in [3.05, 3.63) is 65.2 Å². The van der Waals surface area contributed by atoms with Gasteiger partial charge in [0.2, 0.25) is 0 Å². The second kappa shape index (κ2) is 7.81. The van der Waals surface area contributed by atoms with E-state index in [-0.39, 0.29) is 6.61 Å². The highest BCUT2D eigenvalue weighted by Crippen LogP contribution is 2.28.